The van der Waals surface area contributed by atoms with Crippen molar-refractivity contribution in [3.8, 4) is 0 Å². The van der Waals surface area contributed by atoms with Crippen molar-refractivity contribution < 1.29 is 19.9 Å². The summed E-state index contributed by atoms with van der Waals surface area (Å²) in [5.74, 6) is -0.324. The summed E-state index contributed by atoms with van der Waals surface area (Å²) >= 11 is 0. The van der Waals surface area contributed by atoms with Gasteiger partial charge in [-0.05, 0) is 43.8 Å². The molecule has 4 N–H and O–H groups in total. The molecule has 0 bridgehead atoms. The number of rotatable bonds is 2. The molecule has 0 aromatic heterocycles. The fourth-order valence-electron chi connectivity index (χ4n) is 4.44. The normalized spacial score (nSPS) is 35.5. The van der Waals surface area contributed by atoms with Crippen molar-refractivity contribution in [1.82, 2.24) is 5.06 Å². The van der Waals surface area contributed by atoms with E-state index < -0.39 is 17.0 Å². The first-order chi connectivity index (χ1) is 10.1. The summed E-state index contributed by atoms with van der Waals surface area (Å²) in [6.07, 6.45) is 3.42. The average molecular weight is 306 g/mol. The van der Waals surface area contributed by atoms with E-state index in [1.807, 2.05) is 13.8 Å². The van der Waals surface area contributed by atoms with E-state index in [2.05, 4.69) is 0 Å². The average Bonchev–Trinajstić information content (AvgIpc) is 3.18. The molecule has 3 rings (SSSR count). The van der Waals surface area contributed by atoms with Crippen molar-refractivity contribution in [2.45, 2.75) is 39.2 Å². The minimum atomic E-state index is -1.34. The van der Waals surface area contributed by atoms with Gasteiger partial charge < -0.3 is 10.8 Å². The van der Waals surface area contributed by atoms with Gasteiger partial charge in [0, 0.05) is 16.9 Å². The van der Waals surface area contributed by atoms with Crippen molar-refractivity contribution in [3.05, 3.63) is 22.8 Å². The summed E-state index contributed by atoms with van der Waals surface area (Å²) in [5.41, 5.74) is 5.63. The lowest BCUT2D eigenvalue weighted by molar-refractivity contribution is -0.148. The molecule has 6 heteroatoms. The highest BCUT2D eigenvalue weighted by atomic mass is 16.5. The van der Waals surface area contributed by atoms with Gasteiger partial charge in [0.2, 0.25) is 0 Å². The van der Waals surface area contributed by atoms with E-state index in [9.17, 15) is 19.9 Å². The van der Waals surface area contributed by atoms with Crippen molar-refractivity contribution in [1.29, 1.82) is 0 Å². The minimum absolute atomic E-state index is 0.0122. The third kappa shape index (κ3) is 1.74. The van der Waals surface area contributed by atoms with Crippen LogP contribution in [0.25, 0.3) is 0 Å². The Morgan fingerprint density at radius 1 is 1.50 bits per heavy atom. The zero-order chi connectivity index (χ0) is 16.4. The van der Waals surface area contributed by atoms with Gasteiger partial charge in [0.1, 0.15) is 5.60 Å². The van der Waals surface area contributed by atoms with Gasteiger partial charge in [-0.15, -0.1) is 0 Å². The number of Topliss-reactive ketones (excluding diaryl/α,β-unsaturated/α-hetero) is 1. The molecule has 0 saturated heterocycles. The smallest absolute Gasteiger partial charge is 0.338 e. The zero-order valence-electron chi connectivity index (χ0n) is 13.1. The van der Waals surface area contributed by atoms with Crippen molar-refractivity contribution in [2.24, 2.45) is 23.0 Å². The monoisotopic (exact) mass is 306 g/mol. The Morgan fingerprint density at radius 2 is 2.09 bits per heavy atom. The van der Waals surface area contributed by atoms with E-state index in [1.165, 1.54) is 0 Å². The van der Waals surface area contributed by atoms with Crippen LogP contribution in [0.1, 0.15) is 33.6 Å². The summed E-state index contributed by atoms with van der Waals surface area (Å²) in [4.78, 5) is 23.8. The number of urea groups is 1. The molecule has 0 heterocycles. The molecule has 2 unspecified atom stereocenters. The Hall–Kier alpha value is -1.66. The number of nitrogens with two attached hydrogens (primary N) is 1. The van der Waals surface area contributed by atoms with Crippen molar-refractivity contribution in [2.75, 3.05) is 6.54 Å². The van der Waals surface area contributed by atoms with Gasteiger partial charge >= 0.3 is 6.03 Å². The number of aliphatic hydroxyl groups is 1. The second-order valence-corrected chi connectivity index (χ2v) is 7.03. The standard InChI is InChI=1S/C16H22N2O4/c1-8-6-10-12(11(8)7-18(22)14(17)20)9(2)16(4-5-16)15(3,21)13(10)19/h6,9,12,21-22H,4-5,7H2,1-3H3,(H2,17,20)/t9?,12?,15-/m0/s1. The van der Waals surface area contributed by atoms with Crippen LogP contribution in [0.15, 0.2) is 22.8 Å². The summed E-state index contributed by atoms with van der Waals surface area (Å²) in [6.45, 7) is 5.49. The zero-order valence-corrected chi connectivity index (χ0v) is 13.1. The molecule has 0 aliphatic heterocycles. The van der Waals surface area contributed by atoms with Crippen LogP contribution < -0.4 is 5.73 Å². The first-order valence-electron chi connectivity index (χ1n) is 7.58. The number of hydrogen-bond donors (Lipinski definition) is 3. The third-order valence-electron chi connectivity index (χ3n) is 6.00. The molecule has 2 amide bonds. The Morgan fingerprint density at radius 3 is 2.59 bits per heavy atom. The van der Waals surface area contributed by atoms with Crippen LogP contribution in [0, 0.1) is 17.3 Å². The van der Waals surface area contributed by atoms with E-state index in [0.717, 1.165) is 24.0 Å². The van der Waals surface area contributed by atoms with Crippen LogP contribution in [0.2, 0.25) is 0 Å². The SMILES string of the molecule is CC1=C(CN(O)C(N)=O)C2C(=C1)C(=O)[C@](C)(O)C1(CC1)C2C. The summed E-state index contributed by atoms with van der Waals surface area (Å²) in [7, 11) is 0. The summed E-state index contributed by atoms with van der Waals surface area (Å²) in [6, 6.07) is -0.920. The van der Waals surface area contributed by atoms with Crippen LogP contribution >= 0.6 is 0 Å². The molecule has 0 radical (unpaired) electrons. The highest BCUT2D eigenvalue weighted by Crippen LogP contribution is 2.67. The number of hydroxylamine groups is 2. The number of hydrogen-bond acceptors (Lipinski definition) is 4. The lowest BCUT2D eigenvalue weighted by atomic mass is 9.59. The molecule has 3 atom stereocenters. The van der Waals surface area contributed by atoms with Crippen LogP contribution in [0.5, 0.6) is 0 Å². The number of primary amides is 1. The molecule has 120 valence electrons. The molecule has 3 aliphatic rings. The number of carbonyl (C=O) groups excluding carboxylic acids is 2. The summed E-state index contributed by atoms with van der Waals surface area (Å²) < 4.78 is 0. The van der Waals surface area contributed by atoms with Crippen LogP contribution in [-0.2, 0) is 4.79 Å². The third-order valence-corrected chi connectivity index (χ3v) is 6.00. The van der Waals surface area contributed by atoms with E-state index in [4.69, 9.17) is 5.73 Å². The van der Waals surface area contributed by atoms with Crippen molar-refractivity contribution in [3.63, 3.8) is 0 Å². The molecule has 22 heavy (non-hydrogen) atoms. The van der Waals surface area contributed by atoms with Crippen molar-refractivity contribution >= 4 is 11.8 Å². The van der Waals surface area contributed by atoms with Gasteiger partial charge in [0.05, 0.1) is 6.54 Å². The Kier molecular flexibility index (Phi) is 3.07. The second-order valence-electron chi connectivity index (χ2n) is 7.03. The molecule has 2 fully saturated rings. The first-order valence-corrected chi connectivity index (χ1v) is 7.58. The predicted molar refractivity (Wildman–Crippen MR) is 78.8 cm³/mol. The van der Waals surface area contributed by atoms with Gasteiger partial charge in [0.15, 0.2) is 5.78 Å². The van der Waals surface area contributed by atoms with Crippen LogP contribution in [-0.4, -0.2) is 39.3 Å². The lowest BCUT2D eigenvalue weighted by Crippen LogP contribution is -2.55. The largest absolute Gasteiger partial charge is 0.381 e. The quantitative estimate of drug-likeness (QED) is 0.529. The number of amides is 2. The Bertz CT molecular complexity index is 628. The van der Waals surface area contributed by atoms with Gasteiger partial charge in [-0.2, -0.15) is 0 Å². The predicted octanol–water partition coefficient (Wildman–Crippen LogP) is 1.38. The van der Waals surface area contributed by atoms with Gasteiger partial charge in [-0.3, -0.25) is 10.0 Å². The van der Waals surface area contributed by atoms with Gasteiger partial charge in [0.25, 0.3) is 0 Å². The maximum atomic E-state index is 12.7. The molecule has 2 saturated carbocycles. The van der Waals surface area contributed by atoms with Gasteiger partial charge in [-0.25, -0.2) is 9.86 Å². The molecular weight excluding hydrogens is 284 g/mol. The molecular formula is C16H22N2O4. The maximum absolute atomic E-state index is 12.7. The number of nitrogens with zero attached hydrogens (tertiary/aromatic N) is 1. The lowest BCUT2D eigenvalue weighted by Gasteiger charge is -2.46. The summed E-state index contributed by atoms with van der Waals surface area (Å²) in [5, 5.41) is 20.9. The maximum Gasteiger partial charge on any atom is 0.338 e. The van der Waals surface area contributed by atoms with Gasteiger partial charge in [-0.1, -0.05) is 13.0 Å². The first kappa shape index (κ1) is 15.2. The highest BCUT2D eigenvalue weighted by molar-refractivity contribution is 6.05. The number of carbonyl (C=O) groups is 2. The van der Waals surface area contributed by atoms with Crippen LogP contribution in [0.4, 0.5) is 4.79 Å². The fourth-order valence-corrected chi connectivity index (χ4v) is 4.44. The highest BCUT2D eigenvalue weighted by Gasteiger charge is 2.68. The number of allylic oxidation sites excluding steroid dienone is 2. The van der Waals surface area contributed by atoms with E-state index in [-0.39, 0.29) is 24.2 Å². The molecule has 0 aromatic carbocycles. The van der Waals surface area contributed by atoms with E-state index in [0.29, 0.717) is 10.6 Å². The van der Waals surface area contributed by atoms with E-state index >= 15 is 0 Å². The van der Waals surface area contributed by atoms with E-state index in [1.54, 1.807) is 13.0 Å². The Labute approximate surface area is 129 Å². The second kappa shape index (κ2) is 4.43. The molecule has 3 aliphatic carbocycles. The minimum Gasteiger partial charge on any atom is -0.381 e. The topological polar surface area (TPSA) is 104 Å². The fraction of sp³-hybridized carbons (Fsp3) is 0.625. The molecule has 1 spiro atoms. The number of ketones is 1. The van der Waals surface area contributed by atoms with Crippen LogP contribution in [0.3, 0.4) is 0 Å². The molecule has 0 aromatic rings. The molecule has 6 nitrogen and oxygen atoms in total. The number of fused-ring (bicyclic) bond motifs is 1. The Balaban J connectivity index is 1.98.